The number of nitrogens with zero attached hydrogens (tertiary/aromatic N) is 5. The standard InChI is InChI=1S/C24H26FN7O4/c1-15(22(34)30-19-11-29-21(13-27-19)36-17-6-4-16(25)5-7-17)31-8-9-32(24(2,3)14-31)23(35)18-10-28-20(33)12-26-18/h4-7,10-13,15H,8-9,14H2,1-3H3,(H,28,33)(H,27,30,34)/t15-/m0/s1. The second-order valence-corrected chi connectivity index (χ2v) is 9.00. The van der Waals surface area contributed by atoms with Crippen LogP contribution >= 0.6 is 0 Å². The number of aromatic nitrogens is 4. The third-order valence-electron chi connectivity index (χ3n) is 5.91. The third-order valence-corrected chi connectivity index (χ3v) is 5.91. The molecule has 4 rings (SSSR count). The Morgan fingerprint density at radius 1 is 1.11 bits per heavy atom. The normalized spacial score (nSPS) is 16.3. The molecule has 2 amide bonds. The lowest BCUT2D eigenvalue weighted by Crippen LogP contribution is -2.63. The lowest BCUT2D eigenvalue weighted by Gasteiger charge is -2.48. The number of hydrogen-bond donors (Lipinski definition) is 2. The molecule has 0 bridgehead atoms. The van der Waals surface area contributed by atoms with Crippen LogP contribution in [0.1, 0.15) is 31.3 Å². The molecule has 2 N–H and O–H groups in total. The van der Waals surface area contributed by atoms with Crippen LogP contribution in [0.4, 0.5) is 10.2 Å². The molecular formula is C24H26FN7O4. The summed E-state index contributed by atoms with van der Waals surface area (Å²) in [6, 6.07) is 5.00. The molecule has 1 aliphatic heterocycles. The SMILES string of the molecule is C[C@@H](C(=O)Nc1cnc(Oc2ccc(F)cc2)cn1)N1CCN(C(=O)c2c[nH]c(=O)cn2)C(C)(C)C1. The first-order chi connectivity index (χ1) is 17.1. The Morgan fingerprint density at radius 2 is 1.86 bits per heavy atom. The van der Waals surface area contributed by atoms with E-state index in [1.807, 2.05) is 18.7 Å². The summed E-state index contributed by atoms with van der Waals surface area (Å²) in [6.45, 7) is 6.93. The largest absolute Gasteiger partial charge is 0.438 e. The van der Waals surface area contributed by atoms with Crippen molar-refractivity contribution >= 4 is 17.6 Å². The average Bonchev–Trinajstić information content (AvgIpc) is 2.85. The second kappa shape index (κ2) is 10.2. The molecule has 0 radical (unpaired) electrons. The number of rotatable bonds is 6. The summed E-state index contributed by atoms with van der Waals surface area (Å²) in [7, 11) is 0. The Bertz CT molecular complexity index is 1270. The Kier molecular flexibility index (Phi) is 7.06. The lowest BCUT2D eigenvalue weighted by molar-refractivity contribution is -0.122. The molecule has 12 heteroatoms. The number of aromatic amines is 1. The van der Waals surface area contributed by atoms with Gasteiger partial charge in [-0.05, 0) is 45.0 Å². The highest BCUT2D eigenvalue weighted by Gasteiger charge is 2.40. The van der Waals surface area contributed by atoms with E-state index in [9.17, 15) is 18.8 Å². The highest BCUT2D eigenvalue weighted by molar-refractivity contribution is 5.94. The fraction of sp³-hybridized carbons (Fsp3) is 0.333. The molecular weight excluding hydrogens is 469 g/mol. The van der Waals surface area contributed by atoms with E-state index in [0.29, 0.717) is 25.4 Å². The number of halogens is 1. The van der Waals surface area contributed by atoms with Crippen LogP contribution in [0.15, 0.2) is 53.8 Å². The van der Waals surface area contributed by atoms with Crippen molar-refractivity contribution in [1.82, 2.24) is 29.7 Å². The van der Waals surface area contributed by atoms with E-state index in [-0.39, 0.29) is 40.6 Å². The number of hydrogen-bond acceptors (Lipinski definition) is 8. The molecule has 0 aliphatic carbocycles. The first-order valence-electron chi connectivity index (χ1n) is 11.3. The van der Waals surface area contributed by atoms with Crippen molar-refractivity contribution in [2.24, 2.45) is 0 Å². The van der Waals surface area contributed by atoms with E-state index in [4.69, 9.17) is 4.74 Å². The molecule has 11 nitrogen and oxygen atoms in total. The fourth-order valence-corrected chi connectivity index (χ4v) is 3.95. The molecule has 1 atom stereocenters. The summed E-state index contributed by atoms with van der Waals surface area (Å²) in [4.78, 5) is 55.4. The predicted octanol–water partition coefficient (Wildman–Crippen LogP) is 2.05. The van der Waals surface area contributed by atoms with Crippen molar-refractivity contribution in [2.45, 2.75) is 32.4 Å². The fourth-order valence-electron chi connectivity index (χ4n) is 3.95. The molecule has 0 unspecified atom stereocenters. The average molecular weight is 496 g/mol. The van der Waals surface area contributed by atoms with Gasteiger partial charge in [0.15, 0.2) is 5.82 Å². The molecule has 0 spiro atoms. The van der Waals surface area contributed by atoms with Gasteiger partial charge in [0.1, 0.15) is 17.3 Å². The van der Waals surface area contributed by atoms with Crippen LogP contribution in [-0.4, -0.2) is 72.8 Å². The first kappa shape index (κ1) is 24.9. The Hall–Kier alpha value is -4.19. The summed E-state index contributed by atoms with van der Waals surface area (Å²) in [5.74, 6) is -0.0567. The van der Waals surface area contributed by atoms with Crippen molar-refractivity contribution in [2.75, 3.05) is 25.0 Å². The van der Waals surface area contributed by atoms with Crippen molar-refractivity contribution in [3.63, 3.8) is 0 Å². The first-order valence-corrected chi connectivity index (χ1v) is 11.3. The van der Waals surface area contributed by atoms with Gasteiger partial charge in [-0.1, -0.05) is 0 Å². The summed E-state index contributed by atoms with van der Waals surface area (Å²) in [6.07, 6.45) is 5.12. The van der Waals surface area contributed by atoms with Crippen LogP contribution in [0.3, 0.4) is 0 Å². The van der Waals surface area contributed by atoms with E-state index in [1.165, 1.54) is 42.9 Å². The molecule has 3 heterocycles. The van der Waals surface area contributed by atoms with E-state index >= 15 is 0 Å². The number of H-pyrrole nitrogens is 1. The highest BCUT2D eigenvalue weighted by atomic mass is 19.1. The molecule has 3 aromatic rings. The van der Waals surface area contributed by atoms with Crippen LogP contribution in [-0.2, 0) is 4.79 Å². The van der Waals surface area contributed by atoms with E-state index in [1.54, 1.807) is 11.8 Å². The molecule has 1 aliphatic rings. The lowest BCUT2D eigenvalue weighted by atomic mass is 9.97. The van der Waals surface area contributed by atoms with Gasteiger partial charge in [-0.25, -0.2) is 19.3 Å². The minimum Gasteiger partial charge on any atom is -0.438 e. The number of nitrogens with one attached hydrogen (secondary N) is 2. The Labute approximate surface area is 206 Å². The van der Waals surface area contributed by atoms with Crippen molar-refractivity contribution < 1.29 is 18.7 Å². The van der Waals surface area contributed by atoms with Gasteiger partial charge in [0.25, 0.3) is 11.5 Å². The van der Waals surface area contributed by atoms with Gasteiger partial charge >= 0.3 is 0 Å². The number of benzene rings is 1. The molecule has 1 fully saturated rings. The van der Waals surface area contributed by atoms with Gasteiger partial charge in [-0.2, -0.15) is 0 Å². The zero-order chi connectivity index (χ0) is 25.9. The zero-order valence-electron chi connectivity index (χ0n) is 20.1. The van der Waals surface area contributed by atoms with Gasteiger partial charge in [0.05, 0.1) is 30.2 Å². The van der Waals surface area contributed by atoms with Gasteiger partial charge in [0, 0.05) is 25.8 Å². The van der Waals surface area contributed by atoms with Crippen LogP contribution in [0.2, 0.25) is 0 Å². The van der Waals surface area contributed by atoms with Gasteiger partial charge in [-0.3, -0.25) is 19.3 Å². The number of ether oxygens (including phenoxy) is 1. The zero-order valence-corrected chi connectivity index (χ0v) is 20.1. The quantitative estimate of drug-likeness (QED) is 0.531. The molecule has 2 aromatic heterocycles. The Balaban J connectivity index is 1.34. The predicted molar refractivity (Wildman–Crippen MR) is 128 cm³/mol. The maximum atomic E-state index is 13.0. The topological polar surface area (TPSA) is 133 Å². The van der Waals surface area contributed by atoms with E-state index in [2.05, 4.69) is 25.3 Å². The number of carbonyl (C=O) groups is 2. The smallest absolute Gasteiger partial charge is 0.274 e. The molecule has 1 saturated heterocycles. The van der Waals surface area contributed by atoms with Gasteiger partial charge < -0.3 is 19.9 Å². The highest BCUT2D eigenvalue weighted by Crippen LogP contribution is 2.25. The summed E-state index contributed by atoms with van der Waals surface area (Å²) < 4.78 is 18.5. The molecule has 1 aromatic carbocycles. The summed E-state index contributed by atoms with van der Waals surface area (Å²) in [5.41, 5.74) is -0.802. The summed E-state index contributed by atoms with van der Waals surface area (Å²) >= 11 is 0. The summed E-state index contributed by atoms with van der Waals surface area (Å²) in [5, 5.41) is 2.75. The van der Waals surface area contributed by atoms with Crippen LogP contribution < -0.4 is 15.6 Å². The maximum absolute atomic E-state index is 13.0. The van der Waals surface area contributed by atoms with Gasteiger partial charge in [-0.15, -0.1) is 0 Å². The Morgan fingerprint density at radius 3 is 2.47 bits per heavy atom. The van der Waals surface area contributed by atoms with E-state index < -0.39 is 11.6 Å². The van der Waals surface area contributed by atoms with Crippen molar-refractivity contribution in [3.8, 4) is 11.6 Å². The molecule has 188 valence electrons. The molecule has 36 heavy (non-hydrogen) atoms. The number of amides is 2. The molecule has 0 saturated carbocycles. The van der Waals surface area contributed by atoms with Crippen LogP contribution in [0.5, 0.6) is 11.6 Å². The minimum absolute atomic E-state index is 0.160. The third kappa shape index (κ3) is 5.71. The second-order valence-electron chi connectivity index (χ2n) is 9.00. The minimum atomic E-state index is -0.583. The van der Waals surface area contributed by atoms with Gasteiger partial charge in [0.2, 0.25) is 11.8 Å². The van der Waals surface area contributed by atoms with Crippen molar-refractivity contribution in [1.29, 1.82) is 0 Å². The number of anilines is 1. The van der Waals surface area contributed by atoms with Crippen LogP contribution in [0.25, 0.3) is 0 Å². The van der Waals surface area contributed by atoms with Crippen LogP contribution in [0, 0.1) is 5.82 Å². The monoisotopic (exact) mass is 495 g/mol. The van der Waals surface area contributed by atoms with Crippen molar-refractivity contribution in [3.05, 3.63) is 70.9 Å². The maximum Gasteiger partial charge on any atom is 0.274 e. The van der Waals surface area contributed by atoms with E-state index in [0.717, 1.165) is 6.20 Å². The number of piperazine rings is 1. The number of carbonyl (C=O) groups excluding carboxylic acids is 2.